The number of carbonyl (C=O) groups is 2. The van der Waals surface area contributed by atoms with Crippen molar-refractivity contribution in [2.24, 2.45) is 23.7 Å². The van der Waals surface area contributed by atoms with E-state index >= 15 is 0 Å². The normalized spacial score (nSPS) is 37.9. The SMILES string of the molecule is COC1[C@@H](/C(C)=C/c2csc(C)n2)OC(=O)C[C@H](O)[C@H](C)C(=O)[C@H](C)[C@@H](O)[C@@H](C)CCC[C@@](C)(O)[C@H]1C. The van der Waals surface area contributed by atoms with Crippen LogP contribution in [0.2, 0.25) is 0 Å². The fourth-order valence-electron chi connectivity index (χ4n) is 5.11. The van der Waals surface area contributed by atoms with Crippen molar-refractivity contribution in [2.45, 2.75) is 104 Å². The number of esters is 1. The zero-order valence-electron chi connectivity index (χ0n) is 23.4. The van der Waals surface area contributed by atoms with Crippen LogP contribution < -0.4 is 0 Å². The van der Waals surface area contributed by atoms with E-state index in [1.165, 1.54) is 18.4 Å². The molecule has 9 heteroatoms. The van der Waals surface area contributed by atoms with Crippen LogP contribution >= 0.6 is 11.3 Å². The number of aliphatic hydroxyl groups is 3. The Morgan fingerprint density at radius 3 is 2.43 bits per heavy atom. The fourth-order valence-corrected chi connectivity index (χ4v) is 5.68. The first-order chi connectivity index (χ1) is 17.2. The van der Waals surface area contributed by atoms with Crippen molar-refractivity contribution in [3.63, 3.8) is 0 Å². The van der Waals surface area contributed by atoms with E-state index in [0.717, 1.165) is 10.7 Å². The van der Waals surface area contributed by atoms with Crippen LogP contribution in [0, 0.1) is 30.6 Å². The van der Waals surface area contributed by atoms with Crippen molar-refractivity contribution < 1.29 is 34.4 Å². The summed E-state index contributed by atoms with van der Waals surface area (Å²) in [7, 11) is 1.52. The van der Waals surface area contributed by atoms with E-state index in [1.807, 2.05) is 39.2 Å². The number of Topliss-reactive ketones (excluding diaryl/α,β-unsaturated/α-hetero) is 1. The van der Waals surface area contributed by atoms with E-state index in [0.29, 0.717) is 24.8 Å². The number of ketones is 1. The van der Waals surface area contributed by atoms with E-state index in [9.17, 15) is 24.9 Å². The summed E-state index contributed by atoms with van der Waals surface area (Å²) in [6.07, 6.45) is -0.523. The van der Waals surface area contributed by atoms with Crippen molar-refractivity contribution in [2.75, 3.05) is 7.11 Å². The maximum atomic E-state index is 13.0. The predicted octanol–water partition coefficient (Wildman–Crippen LogP) is 3.94. The number of aliphatic hydroxyl groups excluding tert-OH is 2. The molecule has 3 N–H and O–H groups in total. The molecule has 2 rings (SSSR count). The van der Waals surface area contributed by atoms with Gasteiger partial charge in [-0.05, 0) is 51.2 Å². The highest BCUT2D eigenvalue weighted by Crippen LogP contribution is 2.34. The molecular formula is C28H45NO7S. The van der Waals surface area contributed by atoms with Gasteiger partial charge in [0.25, 0.3) is 0 Å². The zero-order valence-corrected chi connectivity index (χ0v) is 24.2. The van der Waals surface area contributed by atoms with Gasteiger partial charge in [-0.2, -0.15) is 0 Å². The molecule has 1 unspecified atom stereocenters. The standard InChI is InChI=1S/C28H45NO7S/c1-15-10-9-11-28(7,34)19(5)27(35-8)26(16(2)12-21-14-37-20(6)29-21)36-23(31)13-22(30)17(3)25(33)18(4)24(15)32/h12,14-15,17-19,22,24,26-27,30,32,34H,9-11,13H2,1-8H3/b16-12+/t15-,17-,18+,19-,22-,24-,26+,27?,28+/m0/s1. The molecule has 1 aromatic heterocycles. The molecule has 0 radical (unpaired) electrons. The molecule has 0 spiro atoms. The number of aromatic nitrogens is 1. The first kappa shape index (κ1) is 31.6. The number of hydrogen-bond donors (Lipinski definition) is 3. The van der Waals surface area contributed by atoms with Crippen molar-refractivity contribution in [1.82, 2.24) is 4.98 Å². The number of aryl methyl sites for hydroxylation is 1. The lowest BCUT2D eigenvalue weighted by Crippen LogP contribution is -2.48. The number of nitrogens with zero attached hydrogens (tertiary/aromatic N) is 1. The second kappa shape index (κ2) is 13.4. The molecule has 1 aliphatic heterocycles. The van der Waals surface area contributed by atoms with E-state index in [4.69, 9.17) is 9.47 Å². The molecule has 0 amide bonds. The van der Waals surface area contributed by atoms with E-state index in [1.54, 1.807) is 20.8 Å². The Labute approximate surface area is 225 Å². The smallest absolute Gasteiger partial charge is 0.309 e. The molecule has 1 saturated heterocycles. The highest BCUT2D eigenvalue weighted by molar-refractivity contribution is 7.09. The number of ether oxygens (including phenoxy) is 2. The van der Waals surface area contributed by atoms with Crippen molar-refractivity contribution >= 4 is 29.2 Å². The lowest BCUT2D eigenvalue weighted by Gasteiger charge is -2.39. The molecule has 0 aromatic carbocycles. The number of rotatable bonds is 3. The largest absolute Gasteiger partial charge is 0.455 e. The summed E-state index contributed by atoms with van der Waals surface area (Å²) < 4.78 is 11.7. The van der Waals surface area contributed by atoms with Gasteiger partial charge in [-0.1, -0.05) is 34.1 Å². The Balaban J connectivity index is 2.47. The van der Waals surface area contributed by atoms with Crippen molar-refractivity contribution in [1.29, 1.82) is 0 Å². The second-order valence-corrected chi connectivity index (χ2v) is 12.1. The summed E-state index contributed by atoms with van der Waals surface area (Å²) >= 11 is 1.51. The molecule has 2 heterocycles. The van der Waals surface area contributed by atoms with Crippen LogP contribution in [-0.4, -0.2) is 69.2 Å². The maximum Gasteiger partial charge on any atom is 0.309 e. The average Bonchev–Trinajstić information content (AvgIpc) is 3.24. The fraction of sp³-hybridized carbons (Fsp3) is 0.750. The third-order valence-corrected chi connectivity index (χ3v) is 8.84. The Kier molecular flexibility index (Phi) is 11.5. The quantitative estimate of drug-likeness (QED) is 0.493. The highest BCUT2D eigenvalue weighted by Gasteiger charge is 2.42. The summed E-state index contributed by atoms with van der Waals surface area (Å²) in [5.74, 6) is -3.11. The zero-order chi connectivity index (χ0) is 28.1. The molecule has 1 aromatic rings. The third-order valence-electron chi connectivity index (χ3n) is 8.05. The van der Waals surface area contributed by atoms with Crippen LogP contribution in [0.4, 0.5) is 0 Å². The molecule has 9 atom stereocenters. The minimum Gasteiger partial charge on any atom is -0.455 e. The number of thiazole rings is 1. The topological polar surface area (TPSA) is 126 Å². The number of methoxy groups -OCH3 is 1. The Hall–Kier alpha value is -1.65. The van der Waals surface area contributed by atoms with Crippen molar-refractivity contribution in [3.05, 3.63) is 21.7 Å². The van der Waals surface area contributed by atoms with Crippen LogP contribution in [0.1, 0.15) is 77.9 Å². The Morgan fingerprint density at radius 2 is 1.86 bits per heavy atom. The van der Waals surface area contributed by atoms with E-state index in [-0.39, 0.29) is 18.1 Å². The lowest BCUT2D eigenvalue weighted by molar-refractivity contribution is -0.165. The predicted molar refractivity (Wildman–Crippen MR) is 144 cm³/mol. The average molecular weight is 540 g/mol. The van der Waals surface area contributed by atoms with E-state index < -0.39 is 53.7 Å². The molecule has 0 bridgehead atoms. The second-order valence-electron chi connectivity index (χ2n) is 11.0. The summed E-state index contributed by atoms with van der Waals surface area (Å²) in [5, 5.41) is 35.7. The summed E-state index contributed by atoms with van der Waals surface area (Å²) in [5.41, 5.74) is 0.275. The molecular weight excluding hydrogens is 494 g/mol. The molecule has 0 aliphatic carbocycles. The van der Waals surface area contributed by atoms with Crippen molar-refractivity contribution in [3.8, 4) is 0 Å². The van der Waals surface area contributed by atoms with Crippen LogP contribution in [-0.2, 0) is 19.1 Å². The van der Waals surface area contributed by atoms with Crippen LogP contribution in [0.15, 0.2) is 11.0 Å². The molecule has 8 nitrogen and oxygen atoms in total. The summed E-state index contributed by atoms with van der Waals surface area (Å²) in [6, 6.07) is 0. The molecule has 1 fully saturated rings. The van der Waals surface area contributed by atoms with Gasteiger partial charge in [0, 0.05) is 30.2 Å². The van der Waals surface area contributed by atoms with Gasteiger partial charge < -0.3 is 24.8 Å². The van der Waals surface area contributed by atoms with Gasteiger partial charge in [-0.3, -0.25) is 9.59 Å². The van der Waals surface area contributed by atoms with Gasteiger partial charge in [-0.25, -0.2) is 4.98 Å². The van der Waals surface area contributed by atoms with Gasteiger partial charge in [0.2, 0.25) is 0 Å². The minimum atomic E-state index is -1.26. The maximum absolute atomic E-state index is 13.0. The van der Waals surface area contributed by atoms with Crippen LogP contribution in [0.5, 0.6) is 0 Å². The molecule has 37 heavy (non-hydrogen) atoms. The summed E-state index contributed by atoms with van der Waals surface area (Å²) in [4.78, 5) is 30.5. The van der Waals surface area contributed by atoms with Gasteiger partial charge in [0.1, 0.15) is 18.0 Å². The molecule has 1 aliphatic rings. The van der Waals surface area contributed by atoms with Crippen LogP contribution in [0.25, 0.3) is 6.08 Å². The first-order valence-corrected chi connectivity index (χ1v) is 14.0. The number of cyclic esters (lactones) is 1. The minimum absolute atomic E-state index is 0.176. The monoisotopic (exact) mass is 539 g/mol. The van der Waals surface area contributed by atoms with Gasteiger partial charge in [-0.15, -0.1) is 11.3 Å². The lowest BCUT2D eigenvalue weighted by atomic mass is 9.77. The van der Waals surface area contributed by atoms with E-state index in [2.05, 4.69) is 4.98 Å². The molecule has 210 valence electrons. The summed E-state index contributed by atoms with van der Waals surface area (Å²) in [6.45, 7) is 12.5. The third kappa shape index (κ3) is 8.17. The van der Waals surface area contributed by atoms with Gasteiger partial charge >= 0.3 is 5.97 Å². The number of hydrogen-bond acceptors (Lipinski definition) is 9. The first-order valence-electron chi connectivity index (χ1n) is 13.1. The van der Waals surface area contributed by atoms with Gasteiger partial charge in [0.05, 0.1) is 34.9 Å². The Bertz CT molecular complexity index is 943. The molecule has 0 saturated carbocycles. The highest BCUT2D eigenvalue weighted by atomic mass is 32.1. The Morgan fingerprint density at radius 1 is 1.22 bits per heavy atom. The van der Waals surface area contributed by atoms with Crippen LogP contribution in [0.3, 0.4) is 0 Å². The van der Waals surface area contributed by atoms with Gasteiger partial charge in [0.15, 0.2) is 0 Å². The number of carbonyl (C=O) groups excluding carboxylic acids is 2.